The van der Waals surface area contributed by atoms with Gasteiger partial charge in [-0.05, 0) is 0 Å². The zero-order chi connectivity index (χ0) is 14.2. The minimum Gasteiger partial charge on any atom is -0.480 e. The van der Waals surface area contributed by atoms with Gasteiger partial charge in [-0.25, -0.2) is 4.79 Å². The third kappa shape index (κ3) is 8.76. The van der Waals surface area contributed by atoms with Crippen LogP contribution < -0.4 is 5.32 Å². The summed E-state index contributed by atoms with van der Waals surface area (Å²) in [6.07, 6.45) is -5.02. The monoisotopic (exact) mass is 273 g/mol. The number of ether oxygens (including phenoxy) is 1. The quantitative estimate of drug-likeness (QED) is 0.537. The number of amides is 1. The third-order valence-electron chi connectivity index (χ3n) is 1.79. The predicted molar refractivity (Wildman–Crippen MR) is 52.8 cm³/mol. The number of aliphatic hydroxyl groups excluding tert-OH is 1. The fraction of sp³-hybridized carbons (Fsp3) is 0.778. The second kappa shape index (κ2) is 7.88. The number of carbonyl (C=O) groups excluding carboxylic acids is 1. The molecule has 0 saturated carbocycles. The van der Waals surface area contributed by atoms with Gasteiger partial charge in [0.2, 0.25) is 5.91 Å². The molecule has 1 unspecified atom stereocenters. The van der Waals surface area contributed by atoms with Crippen molar-refractivity contribution in [3.05, 3.63) is 0 Å². The summed E-state index contributed by atoms with van der Waals surface area (Å²) >= 11 is 0. The van der Waals surface area contributed by atoms with Gasteiger partial charge in [0.05, 0.1) is 6.61 Å². The lowest BCUT2D eigenvalue weighted by atomic mass is 10.2. The second-order valence-corrected chi connectivity index (χ2v) is 3.39. The third-order valence-corrected chi connectivity index (χ3v) is 1.79. The summed E-state index contributed by atoms with van der Waals surface area (Å²) in [4.78, 5) is 21.7. The van der Waals surface area contributed by atoms with Crippen LogP contribution >= 0.6 is 0 Å². The van der Waals surface area contributed by atoms with E-state index in [0.29, 0.717) is 0 Å². The molecule has 0 heterocycles. The summed E-state index contributed by atoms with van der Waals surface area (Å²) in [6.45, 7) is -2.35. The molecule has 0 radical (unpaired) electrons. The maximum Gasteiger partial charge on any atom is 0.411 e. The van der Waals surface area contributed by atoms with Crippen LogP contribution in [0.3, 0.4) is 0 Å². The summed E-state index contributed by atoms with van der Waals surface area (Å²) in [5.41, 5.74) is 0. The van der Waals surface area contributed by atoms with E-state index in [4.69, 9.17) is 10.2 Å². The number of halogens is 3. The smallest absolute Gasteiger partial charge is 0.411 e. The van der Waals surface area contributed by atoms with Crippen LogP contribution in [0.25, 0.3) is 0 Å². The van der Waals surface area contributed by atoms with Gasteiger partial charge < -0.3 is 20.3 Å². The molecule has 0 aliphatic heterocycles. The van der Waals surface area contributed by atoms with Gasteiger partial charge in [-0.3, -0.25) is 4.79 Å². The normalized spacial score (nSPS) is 13.1. The Labute approximate surface area is 101 Å². The molecule has 0 saturated heterocycles. The zero-order valence-corrected chi connectivity index (χ0v) is 9.37. The maximum atomic E-state index is 11.7. The topological polar surface area (TPSA) is 95.9 Å². The highest BCUT2D eigenvalue weighted by atomic mass is 19.4. The van der Waals surface area contributed by atoms with E-state index in [2.05, 4.69) is 10.1 Å². The zero-order valence-electron chi connectivity index (χ0n) is 9.37. The first-order chi connectivity index (χ1) is 8.26. The highest BCUT2D eigenvalue weighted by molar-refractivity contribution is 5.83. The second-order valence-electron chi connectivity index (χ2n) is 3.39. The van der Waals surface area contributed by atoms with Crippen LogP contribution in [0.4, 0.5) is 13.2 Å². The molecule has 0 aromatic rings. The van der Waals surface area contributed by atoms with E-state index < -0.39 is 43.9 Å². The standard InChI is InChI=1S/C9H14F3NO5/c10-9(11,12)5-18-4-2-7(15)13-6(1-3-14)8(16)17/h6,14H,1-5H2,(H,13,15)(H,16,17). The van der Waals surface area contributed by atoms with E-state index in [1.54, 1.807) is 0 Å². The minimum absolute atomic E-state index is 0.176. The van der Waals surface area contributed by atoms with E-state index in [0.717, 1.165) is 0 Å². The van der Waals surface area contributed by atoms with Crippen LogP contribution in [0.5, 0.6) is 0 Å². The minimum atomic E-state index is -4.46. The van der Waals surface area contributed by atoms with Crippen molar-refractivity contribution >= 4 is 11.9 Å². The van der Waals surface area contributed by atoms with Crippen molar-refractivity contribution in [2.45, 2.75) is 25.1 Å². The van der Waals surface area contributed by atoms with E-state index in [1.807, 2.05) is 0 Å². The van der Waals surface area contributed by atoms with Crippen molar-refractivity contribution in [3.63, 3.8) is 0 Å². The van der Waals surface area contributed by atoms with Crippen LogP contribution in [0, 0.1) is 0 Å². The Morgan fingerprint density at radius 3 is 2.39 bits per heavy atom. The highest BCUT2D eigenvalue weighted by Crippen LogP contribution is 2.14. The van der Waals surface area contributed by atoms with Crippen molar-refractivity contribution in [3.8, 4) is 0 Å². The average molecular weight is 273 g/mol. The number of nitrogens with one attached hydrogen (secondary N) is 1. The number of carboxylic acid groups (broad SMARTS) is 1. The molecule has 6 nitrogen and oxygen atoms in total. The van der Waals surface area contributed by atoms with Crippen LogP contribution in [-0.2, 0) is 14.3 Å². The molecule has 9 heteroatoms. The van der Waals surface area contributed by atoms with Crippen molar-refractivity contribution in [1.82, 2.24) is 5.32 Å². The van der Waals surface area contributed by atoms with Gasteiger partial charge in [-0.15, -0.1) is 0 Å². The van der Waals surface area contributed by atoms with Gasteiger partial charge in [0.1, 0.15) is 12.6 Å². The Balaban J connectivity index is 3.85. The Bertz CT molecular complexity index is 282. The van der Waals surface area contributed by atoms with E-state index in [-0.39, 0.29) is 12.8 Å². The Morgan fingerprint density at radius 1 is 1.33 bits per heavy atom. The number of hydrogen-bond acceptors (Lipinski definition) is 4. The molecular formula is C9H14F3NO5. The summed E-state index contributed by atoms with van der Waals surface area (Å²) in [5.74, 6) is -2.08. The Hall–Kier alpha value is -1.35. The van der Waals surface area contributed by atoms with Crippen LogP contribution in [0.1, 0.15) is 12.8 Å². The Kier molecular flexibility index (Phi) is 7.29. The lowest BCUT2D eigenvalue weighted by Crippen LogP contribution is -2.41. The number of alkyl halides is 3. The first kappa shape index (κ1) is 16.6. The molecule has 0 aromatic heterocycles. The van der Waals surface area contributed by atoms with Crippen LogP contribution in [-0.4, -0.2) is 54.1 Å². The highest BCUT2D eigenvalue weighted by Gasteiger charge is 2.27. The molecule has 1 amide bonds. The molecule has 1 atom stereocenters. The van der Waals surface area contributed by atoms with E-state index in [1.165, 1.54) is 0 Å². The van der Waals surface area contributed by atoms with Gasteiger partial charge in [0.25, 0.3) is 0 Å². The first-order valence-electron chi connectivity index (χ1n) is 5.04. The molecule has 0 spiro atoms. The molecule has 0 aromatic carbocycles. The molecular weight excluding hydrogens is 259 g/mol. The van der Waals surface area contributed by atoms with Gasteiger partial charge in [-0.2, -0.15) is 13.2 Å². The van der Waals surface area contributed by atoms with Crippen LogP contribution in [0.15, 0.2) is 0 Å². The predicted octanol–water partition coefficient (Wildman–Crippen LogP) is -0.0928. The lowest BCUT2D eigenvalue weighted by molar-refractivity contribution is -0.174. The SMILES string of the molecule is O=C(CCOCC(F)(F)F)NC(CCO)C(=O)O. The van der Waals surface area contributed by atoms with Gasteiger partial charge in [-0.1, -0.05) is 0 Å². The van der Waals surface area contributed by atoms with Crippen molar-refractivity contribution in [2.75, 3.05) is 19.8 Å². The number of aliphatic carboxylic acids is 1. The molecule has 3 N–H and O–H groups in total. The first-order valence-corrected chi connectivity index (χ1v) is 5.04. The molecule has 0 aliphatic rings. The maximum absolute atomic E-state index is 11.7. The van der Waals surface area contributed by atoms with Crippen molar-refractivity contribution in [2.24, 2.45) is 0 Å². The van der Waals surface area contributed by atoms with E-state index >= 15 is 0 Å². The van der Waals surface area contributed by atoms with E-state index in [9.17, 15) is 22.8 Å². The lowest BCUT2D eigenvalue weighted by Gasteiger charge is -2.13. The number of rotatable bonds is 8. The fourth-order valence-electron chi connectivity index (χ4n) is 1.01. The van der Waals surface area contributed by atoms with Crippen molar-refractivity contribution in [1.29, 1.82) is 0 Å². The van der Waals surface area contributed by atoms with Gasteiger partial charge >= 0.3 is 12.1 Å². The number of carbonyl (C=O) groups is 2. The molecule has 0 aliphatic carbocycles. The summed E-state index contributed by atoms with van der Waals surface area (Å²) < 4.78 is 39.2. The largest absolute Gasteiger partial charge is 0.480 e. The number of hydrogen-bond donors (Lipinski definition) is 3. The summed E-state index contributed by atoms with van der Waals surface area (Å²) in [5, 5.41) is 19.2. The number of aliphatic hydroxyl groups is 1. The summed E-state index contributed by atoms with van der Waals surface area (Å²) in [6, 6.07) is -1.26. The number of carboxylic acids is 1. The van der Waals surface area contributed by atoms with Gasteiger partial charge in [0.15, 0.2) is 0 Å². The molecule has 106 valence electrons. The molecule has 0 fully saturated rings. The Morgan fingerprint density at radius 2 is 1.94 bits per heavy atom. The molecule has 18 heavy (non-hydrogen) atoms. The van der Waals surface area contributed by atoms with Crippen molar-refractivity contribution < 1.29 is 37.7 Å². The molecule has 0 rings (SSSR count). The fourth-order valence-corrected chi connectivity index (χ4v) is 1.01. The van der Waals surface area contributed by atoms with Gasteiger partial charge in [0, 0.05) is 19.4 Å². The van der Waals surface area contributed by atoms with Crippen LogP contribution in [0.2, 0.25) is 0 Å². The average Bonchev–Trinajstić information content (AvgIpc) is 2.22. The summed E-state index contributed by atoms with van der Waals surface area (Å²) in [7, 11) is 0. The molecule has 0 bridgehead atoms.